The number of rotatable bonds is 3. The molecule has 1 aliphatic rings. The number of nitrogens with zero attached hydrogens (tertiary/aromatic N) is 5. The standard InChI is InChI=1S/C16H14FN5O3/c17-11-1-3-12(4-2-11)20-7-9-21(10-8-20)13-5-6-14(22(23)24)16-15(13)18-25-19-16/h1-6H,7-10H2. The Kier molecular flexibility index (Phi) is 3.68. The second-order valence-corrected chi connectivity index (χ2v) is 5.77. The molecule has 0 atom stereocenters. The predicted octanol–water partition coefficient (Wildman–Crippen LogP) is 2.60. The highest BCUT2D eigenvalue weighted by atomic mass is 19.1. The van der Waals surface area contributed by atoms with Crippen LogP contribution in [0.1, 0.15) is 0 Å². The van der Waals surface area contributed by atoms with Crippen molar-refractivity contribution in [2.75, 3.05) is 36.0 Å². The van der Waals surface area contributed by atoms with E-state index < -0.39 is 4.92 Å². The van der Waals surface area contributed by atoms with E-state index in [4.69, 9.17) is 4.63 Å². The molecule has 2 heterocycles. The summed E-state index contributed by atoms with van der Waals surface area (Å²) in [6, 6.07) is 9.52. The molecule has 2 aromatic carbocycles. The van der Waals surface area contributed by atoms with E-state index in [9.17, 15) is 14.5 Å². The third-order valence-corrected chi connectivity index (χ3v) is 4.38. The second-order valence-electron chi connectivity index (χ2n) is 5.77. The third-order valence-electron chi connectivity index (χ3n) is 4.38. The van der Waals surface area contributed by atoms with E-state index >= 15 is 0 Å². The fourth-order valence-electron chi connectivity index (χ4n) is 3.10. The number of hydrogen-bond donors (Lipinski definition) is 0. The quantitative estimate of drug-likeness (QED) is 0.533. The Labute approximate surface area is 141 Å². The molecule has 0 radical (unpaired) electrons. The van der Waals surface area contributed by atoms with Gasteiger partial charge in [0.15, 0.2) is 5.52 Å². The van der Waals surface area contributed by atoms with Crippen LogP contribution in [0.2, 0.25) is 0 Å². The zero-order valence-electron chi connectivity index (χ0n) is 13.1. The van der Waals surface area contributed by atoms with Crippen LogP contribution in [0.4, 0.5) is 21.5 Å². The van der Waals surface area contributed by atoms with Crippen LogP contribution in [0.15, 0.2) is 41.0 Å². The van der Waals surface area contributed by atoms with E-state index in [0.717, 1.165) is 24.5 Å². The van der Waals surface area contributed by atoms with Crippen molar-refractivity contribution < 1.29 is 13.9 Å². The summed E-state index contributed by atoms with van der Waals surface area (Å²) in [5.74, 6) is -0.255. The van der Waals surface area contributed by atoms with Gasteiger partial charge >= 0.3 is 5.69 Å². The van der Waals surface area contributed by atoms with Crippen molar-refractivity contribution in [3.05, 3.63) is 52.3 Å². The lowest BCUT2D eigenvalue weighted by Gasteiger charge is -2.37. The lowest BCUT2D eigenvalue weighted by Crippen LogP contribution is -2.46. The SMILES string of the molecule is O=[N+]([O-])c1ccc(N2CCN(c3ccc(F)cc3)CC2)c2nonc12. The molecule has 4 rings (SSSR count). The van der Waals surface area contributed by atoms with Gasteiger partial charge < -0.3 is 9.80 Å². The van der Waals surface area contributed by atoms with Crippen molar-refractivity contribution in [2.45, 2.75) is 0 Å². The number of halogens is 1. The summed E-state index contributed by atoms with van der Waals surface area (Å²) < 4.78 is 17.8. The van der Waals surface area contributed by atoms with Gasteiger partial charge in [0.1, 0.15) is 5.82 Å². The average Bonchev–Trinajstić information content (AvgIpc) is 3.11. The summed E-state index contributed by atoms with van der Waals surface area (Å²) in [4.78, 5) is 14.8. The van der Waals surface area contributed by atoms with Crippen LogP contribution >= 0.6 is 0 Å². The van der Waals surface area contributed by atoms with E-state index in [1.165, 1.54) is 18.2 Å². The third kappa shape index (κ3) is 2.73. The molecule has 1 aliphatic heterocycles. The molecule has 3 aromatic rings. The fraction of sp³-hybridized carbons (Fsp3) is 0.250. The van der Waals surface area contributed by atoms with Crippen molar-refractivity contribution in [1.82, 2.24) is 10.3 Å². The van der Waals surface area contributed by atoms with Gasteiger partial charge in [0.05, 0.1) is 10.6 Å². The zero-order valence-corrected chi connectivity index (χ0v) is 13.1. The van der Waals surface area contributed by atoms with Crippen LogP contribution in [0.3, 0.4) is 0 Å². The maximum Gasteiger partial charge on any atom is 0.300 e. The molecule has 0 unspecified atom stereocenters. The Balaban J connectivity index is 1.56. The highest BCUT2D eigenvalue weighted by Gasteiger charge is 2.25. The van der Waals surface area contributed by atoms with Crippen LogP contribution in [0.5, 0.6) is 0 Å². The molecular weight excluding hydrogens is 329 g/mol. The van der Waals surface area contributed by atoms with E-state index in [0.29, 0.717) is 18.6 Å². The van der Waals surface area contributed by atoms with E-state index in [1.807, 2.05) is 0 Å². The monoisotopic (exact) mass is 343 g/mol. The Morgan fingerprint density at radius 1 is 0.960 bits per heavy atom. The van der Waals surface area contributed by atoms with Crippen molar-refractivity contribution in [3.8, 4) is 0 Å². The molecule has 0 amide bonds. The number of nitro groups is 1. The predicted molar refractivity (Wildman–Crippen MR) is 89.3 cm³/mol. The van der Waals surface area contributed by atoms with Crippen LogP contribution < -0.4 is 9.80 Å². The first-order valence-electron chi connectivity index (χ1n) is 7.78. The smallest absolute Gasteiger partial charge is 0.300 e. The largest absolute Gasteiger partial charge is 0.368 e. The lowest BCUT2D eigenvalue weighted by atomic mass is 10.2. The normalized spacial score (nSPS) is 14.9. The Hall–Kier alpha value is -3.23. The van der Waals surface area contributed by atoms with Gasteiger partial charge in [-0.25, -0.2) is 9.02 Å². The molecule has 0 bridgehead atoms. The summed E-state index contributed by atoms with van der Waals surface area (Å²) in [5, 5.41) is 18.6. The molecule has 25 heavy (non-hydrogen) atoms. The average molecular weight is 343 g/mol. The Morgan fingerprint density at radius 2 is 1.60 bits per heavy atom. The molecule has 0 spiro atoms. The molecule has 0 aliphatic carbocycles. The van der Waals surface area contributed by atoms with E-state index in [-0.39, 0.29) is 17.0 Å². The van der Waals surface area contributed by atoms with E-state index in [2.05, 4.69) is 20.1 Å². The van der Waals surface area contributed by atoms with Crippen molar-refractivity contribution in [1.29, 1.82) is 0 Å². The second kappa shape index (κ2) is 6.00. The van der Waals surface area contributed by atoms with Gasteiger partial charge in [0.25, 0.3) is 0 Å². The van der Waals surface area contributed by atoms with Gasteiger partial charge in [-0.3, -0.25) is 10.1 Å². The highest BCUT2D eigenvalue weighted by Crippen LogP contribution is 2.32. The van der Waals surface area contributed by atoms with Gasteiger partial charge in [-0.15, -0.1) is 0 Å². The summed E-state index contributed by atoms with van der Waals surface area (Å²) in [5.41, 5.74) is 2.16. The minimum absolute atomic E-state index is 0.120. The van der Waals surface area contributed by atoms with Gasteiger partial charge in [0, 0.05) is 37.9 Å². The maximum absolute atomic E-state index is 13.0. The number of non-ortho nitro benzene ring substituents is 1. The summed E-state index contributed by atoms with van der Waals surface area (Å²) in [6.45, 7) is 2.90. The minimum atomic E-state index is -0.497. The van der Waals surface area contributed by atoms with Crippen LogP contribution in [-0.4, -0.2) is 41.4 Å². The maximum atomic E-state index is 13.0. The molecule has 128 valence electrons. The number of nitro benzene ring substituents is 1. The Bertz CT molecular complexity index is 919. The van der Waals surface area contributed by atoms with Crippen molar-refractivity contribution >= 4 is 28.1 Å². The fourth-order valence-corrected chi connectivity index (χ4v) is 3.10. The number of fused-ring (bicyclic) bond motifs is 1. The lowest BCUT2D eigenvalue weighted by molar-refractivity contribution is -0.383. The first-order valence-corrected chi connectivity index (χ1v) is 7.78. The zero-order chi connectivity index (χ0) is 17.4. The summed E-state index contributed by atoms with van der Waals surface area (Å²) in [7, 11) is 0. The summed E-state index contributed by atoms with van der Waals surface area (Å²) in [6.07, 6.45) is 0. The molecule has 0 N–H and O–H groups in total. The molecule has 1 saturated heterocycles. The Morgan fingerprint density at radius 3 is 2.28 bits per heavy atom. The van der Waals surface area contributed by atoms with Gasteiger partial charge in [-0.05, 0) is 40.6 Å². The first kappa shape index (κ1) is 15.3. The van der Waals surface area contributed by atoms with Crippen LogP contribution in [-0.2, 0) is 0 Å². The van der Waals surface area contributed by atoms with E-state index in [1.54, 1.807) is 18.2 Å². The highest BCUT2D eigenvalue weighted by molar-refractivity contribution is 5.93. The van der Waals surface area contributed by atoms with Crippen LogP contribution in [0, 0.1) is 15.9 Å². The van der Waals surface area contributed by atoms with Crippen molar-refractivity contribution in [3.63, 3.8) is 0 Å². The summed E-state index contributed by atoms with van der Waals surface area (Å²) >= 11 is 0. The molecule has 9 heteroatoms. The van der Waals surface area contributed by atoms with Gasteiger partial charge in [0.2, 0.25) is 5.52 Å². The molecule has 1 aromatic heterocycles. The molecule has 0 saturated carbocycles. The molecule has 1 fully saturated rings. The molecular formula is C16H14FN5O3. The molecule has 8 nitrogen and oxygen atoms in total. The number of piperazine rings is 1. The number of anilines is 2. The topological polar surface area (TPSA) is 88.5 Å². The van der Waals surface area contributed by atoms with Crippen molar-refractivity contribution in [2.24, 2.45) is 0 Å². The first-order chi connectivity index (χ1) is 12.1. The minimum Gasteiger partial charge on any atom is -0.368 e. The number of benzene rings is 2. The van der Waals surface area contributed by atoms with Crippen LogP contribution in [0.25, 0.3) is 11.0 Å². The van der Waals surface area contributed by atoms with Gasteiger partial charge in [-0.1, -0.05) is 0 Å². The van der Waals surface area contributed by atoms with Gasteiger partial charge in [-0.2, -0.15) is 0 Å². The number of aromatic nitrogens is 2. The number of hydrogen-bond acceptors (Lipinski definition) is 7.